The summed E-state index contributed by atoms with van der Waals surface area (Å²) in [4.78, 5) is 74.8. The van der Waals surface area contributed by atoms with E-state index in [1.165, 1.54) is 48.5 Å². The van der Waals surface area contributed by atoms with Crippen molar-refractivity contribution in [3.63, 3.8) is 0 Å². The molecular formula is C45H42O12. The standard InChI is InChI=1S/C45H42O12/c1-7-11-39(54-37(46)9-3)56-43(50)29-17-13-27(14-18-29)41(48)52-31-21-23-33-34-24-22-32(26-36(34)45(5,6)35(33)25-31)53-42(49)28-15-19-30(20-16-28)44(51)57-40(12-8-2)55-38(47)10-4/h9-10,13-26,39-40H,3-4,7-8,11-12H2,1-2,5-6H3. The molecule has 0 heterocycles. The minimum Gasteiger partial charge on any atom is -0.423 e. The van der Waals surface area contributed by atoms with Gasteiger partial charge in [-0.15, -0.1) is 0 Å². The van der Waals surface area contributed by atoms with Gasteiger partial charge in [0.2, 0.25) is 12.6 Å². The smallest absolute Gasteiger partial charge is 0.343 e. The maximum Gasteiger partial charge on any atom is 0.343 e. The molecule has 57 heavy (non-hydrogen) atoms. The van der Waals surface area contributed by atoms with E-state index in [1.807, 2.05) is 39.8 Å². The van der Waals surface area contributed by atoms with Crippen molar-refractivity contribution in [3.8, 4) is 22.6 Å². The van der Waals surface area contributed by atoms with Crippen LogP contribution in [-0.4, -0.2) is 48.4 Å². The van der Waals surface area contributed by atoms with E-state index in [1.54, 1.807) is 24.3 Å². The normalized spacial score (nSPS) is 13.1. The van der Waals surface area contributed by atoms with Crippen molar-refractivity contribution in [2.45, 2.75) is 71.4 Å². The summed E-state index contributed by atoms with van der Waals surface area (Å²) in [6.07, 6.45) is 1.68. The van der Waals surface area contributed by atoms with E-state index in [0.717, 1.165) is 34.4 Å². The van der Waals surface area contributed by atoms with Crippen LogP contribution in [0.25, 0.3) is 11.1 Å². The highest BCUT2D eigenvalue weighted by Crippen LogP contribution is 2.50. The molecule has 0 saturated heterocycles. The topological polar surface area (TPSA) is 158 Å². The van der Waals surface area contributed by atoms with Crippen molar-refractivity contribution in [2.75, 3.05) is 0 Å². The van der Waals surface area contributed by atoms with E-state index in [2.05, 4.69) is 13.2 Å². The Hall–Kier alpha value is -6.82. The van der Waals surface area contributed by atoms with Crippen LogP contribution < -0.4 is 9.47 Å². The van der Waals surface area contributed by atoms with Gasteiger partial charge in [0.15, 0.2) is 0 Å². The Morgan fingerprint density at radius 1 is 0.526 bits per heavy atom. The fourth-order valence-electron chi connectivity index (χ4n) is 6.12. The Bertz CT molecular complexity index is 2040. The Kier molecular flexibility index (Phi) is 13.2. The first-order valence-electron chi connectivity index (χ1n) is 18.3. The molecule has 0 saturated carbocycles. The quantitative estimate of drug-likeness (QED) is 0.0464. The van der Waals surface area contributed by atoms with Gasteiger partial charge >= 0.3 is 35.8 Å². The van der Waals surface area contributed by atoms with Crippen molar-refractivity contribution in [2.24, 2.45) is 0 Å². The highest BCUT2D eigenvalue weighted by atomic mass is 16.7. The molecule has 12 heteroatoms. The van der Waals surface area contributed by atoms with Crippen molar-refractivity contribution in [3.05, 3.63) is 144 Å². The minimum atomic E-state index is -1.07. The third kappa shape index (κ3) is 9.90. The minimum absolute atomic E-state index is 0.159. The van der Waals surface area contributed by atoms with E-state index in [9.17, 15) is 28.8 Å². The molecule has 0 bridgehead atoms. The van der Waals surface area contributed by atoms with Crippen LogP contribution in [0.4, 0.5) is 0 Å². The highest BCUT2D eigenvalue weighted by Gasteiger charge is 2.36. The van der Waals surface area contributed by atoms with Crippen LogP contribution in [0.15, 0.2) is 110 Å². The first-order valence-corrected chi connectivity index (χ1v) is 18.3. The summed E-state index contributed by atoms with van der Waals surface area (Å²) >= 11 is 0. The molecule has 1 aliphatic carbocycles. The number of hydrogen-bond acceptors (Lipinski definition) is 12. The molecule has 0 radical (unpaired) electrons. The molecule has 5 rings (SSSR count). The van der Waals surface area contributed by atoms with Crippen LogP contribution in [-0.2, 0) is 34.0 Å². The summed E-state index contributed by atoms with van der Waals surface area (Å²) in [7, 11) is 0. The zero-order valence-corrected chi connectivity index (χ0v) is 32.0. The van der Waals surface area contributed by atoms with E-state index >= 15 is 0 Å². The van der Waals surface area contributed by atoms with Crippen LogP contribution >= 0.6 is 0 Å². The van der Waals surface area contributed by atoms with Crippen molar-refractivity contribution in [1.29, 1.82) is 0 Å². The molecule has 1 aliphatic rings. The lowest BCUT2D eigenvalue weighted by Gasteiger charge is -2.22. The molecule has 0 spiro atoms. The van der Waals surface area contributed by atoms with Gasteiger partial charge in [0, 0.05) is 30.4 Å². The maximum absolute atomic E-state index is 13.1. The monoisotopic (exact) mass is 774 g/mol. The number of fused-ring (bicyclic) bond motifs is 3. The fourth-order valence-corrected chi connectivity index (χ4v) is 6.12. The lowest BCUT2D eigenvalue weighted by atomic mass is 9.82. The van der Waals surface area contributed by atoms with Gasteiger partial charge in [0.1, 0.15) is 11.5 Å². The van der Waals surface area contributed by atoms with Gasteiger partial charge in [-0.25, -0.2) is 28.8 Å². The Morgan fingerprint density at radius 3 is 1.18 bits per heavy atom. The van der Waals surface area contributed by atoms with Gasteiger partial charge in [-0.2, -0.15) is 0 Å². The third-order valence-corrected chi connectivity index (χ3v) is 9.11. The van der Waals surface area contributed by atoms with Crippen LogP contribution in [0, 0.1) is 0 Å². The number of carbonyl (C=O) groups excluding carboxylic acids is 6. The van der Waals surface area contributed by atoms with Gasteiger partial charge in [-0.3, -0.25) is 0 Å². The molecule has 12 nitrogen and oxygen atoms in total. The van der Waals surface area contributed by atoms with Crippen LogP contribution in [0.3, 0.4) is 0 Å². The van der Waals surface area contributed by atoms with Gasteiger partial charge in [-0.05, 0) is 108 Å². The van der Waals surface area contributed by atoms with Gasteiger partial charge < -0.3 is 28.4 Å². The summed E-state index contributed by atoms with van der Waals surface area (Å²) in [5.74, 6) is -3.50. The summed E-state index contributed by atoms with van der Waals surface area (Å²) in [5, 5.41) is 0. The van der Waals surface area contributed by atoms with E-state index in [0.29, 0.717) is 37.2 Å². The second kappa shape index (κ2) is 18.2. The number of esters is 6. The lowest BCUT2D eigenvalue weighted by molar-refractivity contribution is -0.164. The molecule has 0 amide bonds. The summed E-state index contributed by atoms with van der Waals surface area (Å²) in [6, 6.07) is 22.2. The molecule has 0 fully saturated rings. The average molecular weight is 775 g/mol. The van der Waals surface area contributed by atoms with Crippen LogP contribution in [0.1, 0.15) is 106 Å². The number of benzene rings is 4. The SMILES string of the molecule is C=CC(=O)OC(CCC)OC(=O)c1ccc(C(=O)Oc2ccc3c(c2)C(C)(C)c2cc(OC(=O)c4ccc(C(=O)OC(CCC)OC(=O)C=C)cc4)ccc2-3)cc1. The number of carbonyl (C=O) groups is 6. The first-order chi connectivity index (χ1) is 27.3. The second-order valence-corrected chi connectivity index (χ2v) is 13.5. The zero-order valence-electron chi connectivity index (χ0n) is 32.0. The lowest BCUT2D eigenvalue weighted by Crippen LogP contribution is -2.24. The Morgan fingerprint density at radius 2 is 0.860 bits per heavy atom. The zero-order chi connectivity index (χ0) is 41.3. The largest absolute Gasteiger partial charge is 0.423 e. The summed E-state index contributed by atoms with van der Waals surface area (Å²) in [6.45, 7) is 14.4. The van der Waals surface area contributed by atoms with Crippen LogP contribution in [0.5, 0.6) is 11.5 Å². The Labute approximate surface area is 330 Å². The fraction of sp³-hybridized carbons (Fsp3) is 0.244. The van der Waals surface area contributed by atoms with Crippen molar-refractivity contribution >= 4 is 35.8 Å². The van der Waals surface area contributed by atoms with Gasteiger partial charge in [0.25, 0.3) is 0 Å². The molecule has 0 N–H and O–H groups in total. The average Bonchev–Trinajstić information content (AvgIpc) is 3.42. The van der Waals surface area contributed by atoms with Crippen LogP contribution in [0.2, 0.25) is 0 Å². The van der Waals surface area contributed by atoms with E-state index in [-0.39, 0.29) is 22.3 Å². The van der Waals surface area contributed by atoms with E-state index < -0.39 is 53.8 Å². The van der Waals surface area contributed by atoms with E-state index in [4.69, 9.17) is 28.4 Å². The molecule has 2 atom stereocenters. The molecule has 0 aromatic heterocycles. The molecule has 0 aliphatic heterocycles. The molecule has 294 valence electrons. The van der Waals surface area contributed by atoms with Gasteiger partial charge in [-0.1, -0.05) is 53.0 Å². The van der Waals surface area contributed by atoms with Crippen molar-refractivity contribution in [1.82, 2.24) is 0 Å². The first kappa shape index (κ1) is 41.3. The summed E-state index contributed by atoms with van der Waals surface area (Å²) in [5.41, 5.74) is 3.80. The summed E-state index contributed by atoms with van der Waals surface area (Å²) < 4.78 is 32.3. The third-order valence-electron chi connectivity index (χ3n) is 9.11. The predicted molar refractivity (Wildman–Crippen MR) is 208 cm³/mol. The molecule has 4 aromatic rings. The second-order valence-electron chi connectivity index (χ2n) is 13.5. The highest BCUT2D eigenvalue weighted by molar-refractivity contribution is 5.96. The predicted octanol–water partition coefficient (Wildman–Crippen LogP) is 8.46. The number of ether oxygens (including phenoxy) is 6. The number of hydrogen-bond donors (Lipinski definition) is 0. The van der Waals surface area contributed by atoms with Gasteiger partial charge in [0.05, 0.1) is 22.3 Å². The number of rotatable bonds is 16. The molecule has 4 aromatic carbocycles. The Balaban J connectivity index is 1.22. The maximum atomic E-state index is 13.1. The van der Waals surface area contributed by atoms with Crippen molar-refractivity contribution < 1.29 is 57.2 Å². The molecule has 2 unspecified atom stereocenters. The molecular weight excluding hydrogens is 732 g/mol.